The molecule has 1 amide bonds. The second-order valence-electron chi connectivity index (χ2n) is 7.13. The number of carbonyl (C=O) groups excluding carboxylic acids is 1. The molecule has 0 unspecified atom stereocenters. The number of aromatic nitrogens is 2. The van der Waals surface area contributed by atoms with Crippen LogP contribution in [0.5, 0.6) is 0 Å². The van der Waals surface area contributed by atoms with Gasteiger partial charge in [-0.15, -0.1) is 0 Å². The van der Waals surface area contributed by atoms with Crippen LogP contribution in [0.1, 0.15) is 15.2 Å². The number of nitrogens with zero attached hydrogens (tertiary/aromatic N) is 4. The molecule has 2 aromatic heterocycles. The van der Waals surface area contributed by atoms with Crippen LogP contribution in [0.3, 0.4) is 0 Å². The Labute approximate surface area is 163 Å². The summed E-state index contributed by atoms with van der Waals surface area (Å²) < 4.78 is 0. The molecule has 0 bridgehead atoms. The van der Waals surface area contributed by atoms with Crippen molar-refractivity contribution in [3.8, 4) is 0 Å². The topological polar surface area (TPSA) is 55.5 Å². The van der Waals surface area contributed by atoms with Crippen molar-refractivity contribution in [1.82, 2.24) is 19.8 Å². The fraction of sp³-hybridized carbons (Fsp3) is 0.400. The SMILES string of the molecule is CN1CCN(c2ncc(C(=O)N(C)CCc3c[nH]c4ccccc34)s2)CC1. The first-order chi connectivity index (χ1) is 13.1. The van der Waals surface area contributed by atoms with Crippen LogP contribution >= 0.6 is 11.3 Å². The molecule has 0 aliphatic carbocycles. The summed E-state index contributed by atoms with van der Waals surface area (Å²) in [7, 11) is 4.00. The number of likely N-dealkylation sites (N-methyl/N-ethyl adjacent to an activating group) is 2. The van der Waals surface area contributed by atoms with Gasteiger partial charge in [0.1, 0.15) is 4.88 Å². The van der Waals surface area contributed by atoms with Crippen molar-refractivity contribution in [2.45, 2.75) is 6.42 Å². The highest BCUT2D eigenvalue weighted by Gasteiger charge is 2.20. The molecule has 4 rings (SSSR count). The van der Waals surface area contributed by atoms with E-state index in [1.165, 1.54) is 22.3 Å². The molecule has 27 heavy (non-hydrogen) atoms. The van der Waals surface area contributed by atoms with Gasteiger partial charge in [0.05, 0.1) is 6.20 Å². The molecule has 1 saturated heterocycles. The monoisotopic (exact) mass is 383 g/mol. The van der Waals surface area contributed by atoms with Crippen molar-refractivity contribution in [2.75, 3.05) is 51.7 Å². The van der Waals surface area contributed by atoms with Gasteiger partial charge in [0, 0.05) is 56.9 Å². The molecule has 1 aliphatic rings. The van der Waals surface area contributed by atoms with Gasteiger partial charge in [-0.1, -0.05) is 29.5 Å². The van der Waals surface area contributed by atoms with E-state index < -0.39 is 0 Å². The molecule has 0 spiro atoms. The highest BCUT2D eigenvalue weighted by atomic mass is 32.1. The Morgan fingerprint density at radius 2 is 2.04 bits per heavy atom. The van der Waals surface area contributed by atoms with Gasteiger partial charge in [-0.05, 0) is 25.1 Å². The number of carbonyl (C=O) groups is 1. The maximum absolute atomic E-state index is 12.8. The predicted octanol–water partition coefficient (Wildman–Crippen LogP) is 2.69. The number of nitrogens with one attached hydrogen (secondary N) is 1. The molecule has 0 radical (unpaired) electrons. The highest BCUT2D eigenvalue weighted by Crippen LogP contribution is 2.25. The van der Waals surface area contributed by atoms with E-state index in [-0.39, 0.29) is 5.91 Å². The third-order valence-electron chi connectivity index (χ3n) is 5.22. The van der Waals surface area contributed by atoms with E-state index in [1.807, 2.05) is 25.4 Å². The molecular weight excluding hydrogens is 358 g/mol. The van der Waals surface area contributed by atoms with E-state index in [9.17, 15) is 4.79 Å². The maximum Gasteiger partial charge on any atom is 0.265 e. The van der Waals surface area contributed by atoms with Gasteiger partial charge in [-0.25, -0.2) is 4.98 Å². The molecule has 0 saturated carbocycles. The molecule has 3 aromatic rings. The van der Waals surface area contributed by atoms with Crippen LogP contribution < -0.4 is 4.90 Å². The molecule has 142 valence electrons. The maximum atomic E-state index is 12.8. The number of para-hydroxylation sites is 1. The summed E-state index contributed by atoms with van der Waals surface area (Å²) in [6.07, 6.45) is 4.60. The van der Waals surface area contributed by atoms with Crippen molar-refractivity contribution in [3.05, 3.63) is 47.1 Å². The smallest absolute Gasteiger partial charge is 0.265 e. The Morgan fingerprint density at radius 1 is 1.26 bits per heavy atom. The number of fused-ring (bicyclic) bond motifs is 1. The van der Waals surface area contributed by atoms with Gasteiger partial charge in [-0.2, -0.15) is 0 Å². The number of anilines is 1. The molecule has 1 aliphatic heterocycles. The van der Waals surface area contributed by atoms with Crippen LogP contribution in [-0.2, 0) is 6.42 Å². The second kappa shape index (κ2) is 7.70. The number of benzene rings is 1. The van der Waals surface area contributed by atoms with E-state index >= 15 is 0 Å². The number of hydrogen-bond donors (Lipinski definition) is 1. The summed E-state index contributed by atoms with van der Waals surface area (Å²) >= 11 is 1.50. The number of amides is 1. The second-order valence-corrected chi connectivity index (χ2v) is 8.14. The van der Waals surface area contributed by atoms with E-state index in [4.69, 9.17) is 0 Å². The first-order valence-electron chi connectivity index (χ1n) is 9.31. The van der Waals surface area contributed by atoms with E-state index in [0.717, 1.165) is 43.2 Å². The predicted molar refractivity (Wildman–Crippen MR) is 111 cm³/mol. The number of aromatic amines is 1. The third-order valence-corrected chi connectivity index (χ3v) is 6.26. The lowest BCUT2D eigenvalue weighted by atomic mass is 10.1. The zero-order chi connectivity index (χ0) is 18.8. The lowest BCUT2D eigenvalue weighted by molar-refractivity contribution is 0.0801. The van der Waals surface area contributed by atoms with Crippen LogP contribution in [0.15, 0.2) is 36.7 Å². The van der Waals surface area contributed by atoms with Crippen LogP contribution in [0.25, 0.3) is 10.9 Å². The normalized spacial score (nSPS) is 15.4. The highest BCUT2D eigenvalue weighted by molar-refractivity contribution is 7.17. The summed E-state index contributed by atoms with van der Waals surface area (Å²) in [5.41, 5.74) is 2.38. The Kier molecular flexibility index (Phi) is 5.13. The van der Waals surface area contributed by atoms with Gasteiger partial charge < -0.3 is 19.7 Å². The quantitative estimate of drug-likeness (QED) is 0.736. The van der Waals surface area contributed by atoms with Crippen molar-refractivity contribution in [2.24, 2.45) is 0 Å². The summed E-state index contributed by atoms with van der Waals surface area (Å²) in [4.78, 5) is 27.7. The lowest BCUT2D eigenvalue weighted by Crippen LogP contribution is -2.44. The molecule has 1 N–H and O–H groups in total. The van der Waals surface area contributed by atoms with Gasteiger partial charge in [-0.3, -0.25) is 4.79 Å². The Balaban J connectivity index is 1.38. The van der Waals surface area contributed by atoms with Crippen LogP contribution in [0.2, 0.25) is 0 Å². The minimum atomic E-state index is 0.0488. The zero-order valence-corrected chi connectivity index (χ0v) is 16.6. The van der Waals surface area contributed by atoms with Crippen molar-refractivity contribution < 1.29 is 4.79 Å². The van der Waals surface area contributed by atoms with Gasteiger partial charge in [0.25, 0.3) is 5.91 Å². The van der Waals surface area contributed by atoms with Crippen LogP contribution in [-0.4, -0.2) is 72.5 Å². The first-order valence-corrected chi connectivity index (χ1v) is 10.1. The summed E-state index contributed by atoms with van der Waals surface area (Å²) in [6, 6.07) is 8.27. The number of rotatable bonds is 5. The average Bonchev–Trinajstić information content (AvgIpc) is 3.33. The molecule has 7 heteroatoms. The van der Waals surface area contributed by atoms with Crippen molar-refractivity contribution in [1.29, 1.82) is 0 Å². The summed E-state index contributed by atoms with van der Waals surface area (Å²) in [6.45, 7) is 4.69. The number of hydrogen-bond acceptors (Lipinski definition) is 5. The molecule has 1 fully saturated rings. The standard InChI is InChI=1S/C20H25N5OS/c1-23-9-11-25(12-10-23)20-22-14-18(27-20)19(26)24(2)8-7-15-13-21-17-6-4-3-5-16(15)17/h3-6,13-14,21H,7-12H2,1-2H3. The van der Waals surface area contributed by atoms with Gasteiger partial charge >= 0.3 is 0 Å². The lowest BCUT2D eigenvalue weighted by Gasteiger charge is -2.32. The van der Waals surface area contributed by atoms with Crippen LogP contribution in [0, 0.1) is 0 Å². The molecule has 3 heterocycles. The number of piperazine rings is 1. The molecule has 1 aromatic carbocycles. The average molecular weight is 384 g/mol. The van der Waals surface area contributed by atoms with Crippen molar-refractivity contribution in [3.63, 3.8) is 0 Å². The Morgan fingerprint density at radius 3 is 2.85 bits per heavy atom. The zero-order valence-electron chi connectivity index (χ0n) is 15.8. The minimum Gasteiger partial charge on any atom is -0.361 e. The van der Waals surface area contributed by atoms with E-state index in [2.05, 4.69) is 38.9 Å². The minimum absolute atomic E-state index is 0.0488. The largest absolute Gasteiger partial charge is 0.361 e. The summed E-state index contributed by atoms with van der Waals surface area (Å²) in [5.74, 6) is 0.0488. The first kappa shape index (κ1) is 18.0. The van der Waals surface area contributed by atoms with Crippen molar-refractivity contribution >= 4 is 33.3 Å². The number of H-pyrrole nitrogens is 1. The van der Waals surface area contributed by atoms with E-state index in [0.29, 0.717) is 11.4 Å². The fourth-order valence-corrected chi connectivity index (χ4v) is 4.39. The fourth-order valence-electron chi connectivity index (χ4n) is 3.42. The Hall–Kier alpha value is -2.38. The van der Waals surface area contributed by atoms with Gasteiger partial charge in [0.2, 0.25) is 0 Å². The van der Waals surface area contributed by atoms with E-state index in [1.54, 1.807) is 11.1 Å². The molecule has 0 atom stereocenters. The Bertz CT molecular complexity index is 925. The third kappa shape index (κ3) is 3.84. The van der Waals surface area contributed by atoms with Gasteiger partial charge in [0.15, 0.2) is 5.13 Å². The molecular formula is C20H25N5OS. The van der Waals surface area contributed by atoms with Crippen LogP contribution in [0.4, 0.5) is 5.13 Å². The molecule has 6 nitrogen and oxygen atoms in total. The number of thiazole rings is 1. The summed E-state index contributed by atoms with van der Waals surface area (Å²) in [5, 5.41) is 2.19.